The van der Waals surface area contributed by atoms with Crippen molar-refractivity contribution in [2.75, 3.05) is 47.5 Å². The minimum absolute atomic E-state index is 0.0311. The SMILES string of the molecule is CCCCCC/C=C\C/C=C\CCCCCCCC(=O)OC(COC(=O)CCCCCCCCCCCCCCCCCCCCCCCCCCCCCCCCCCCCCCCC)COP(=O)(O)OCC[N+](C)(C)C. The summed E-state index contributed by atoms with van der Waals surface area (Å²) in [5.74, 6) is -0.797. The second-order valence-electron chi connectivity index (χ2n) is 24.6. The van der Waals surface area contributed by atoms with Crippen LogP contribution in [0, 0.1) is 0 Å². The number of likely N-dealkylation sites (N-methyl/N-ethyl adjacent to an activating group) is 1. The Bertz CT molecular complexity index is 1370. The average Bonchev–Trinajstić information content (AvgIpc) is 3.41. The lowest BCUT2D eigenvalue weighted by molar-refractivity contribution is -0.870. The van der Waals surface area contributed by atoms with E-state index in [0.717, 1.165) is 57.8 Å². The summed E-state index contributed by atoms with van der Waals surface area (Å²) in [5.41, 5.74) is 0. The highest BCUT2D eigenvalue weighted by Gasteiger charge is 2.27. The molecule has 0 aromatic carbocycles. The van der Waals surface area contributed by atoms with Gasteiger partial charge in [0, 0.05) is 12.8 Å². The van der Waals surface area contributed by atoms with E-state index < -0.39 is 26.5 Å². The molecule has 0 aromatic heterocycles. The van der Waals surface area contributed by atoms with Crippen LogP contribution in [0.1, 0.15) is 348 Å². The molecule has 0 radical (unpaired) electrons. The minimum atomic E-state index is -4.39. The number of carbonyl (C=O) groups is 2. The highest BCUT2D eigenvalue weighted by atomic mass is 31.2. The van der Waals surface area contributed by atoms with Gasteiger partial charge in [-0.05, 0) is 44.9 Å². The predicted molar refractivity (Wildman–Crippen MR) is 335 cm³/mol. The molecule has 9 nitrogen and oxygen atoms in total. The van der Waals surface area contributed by atoms with Gasteiger partial charge in [-0.15, -0.1) is 0 Å². The fourth-order valence-electron chi connectivity index (χ4n) is 10.2. The van der Waals surface area contributed by atoms with Crippen molar-refractivity contribution in [1.82, 2.24) is 0 Å². The Labute approximate surface area is 485 Å². The Kier molecular flexibility index (Phi) is 58.9. The number of ether oxygens (including phenoxy) is 2. The van der Waals surface area contributed by atoms with Gasteiger partial charge in [-0.2, -0.15) is 0 Å². The van der Waals surface area contributed by atoms with Gasteiger partial charge < -0.3 is 18.9 Å². The van der Waals surface area contributed by atoms with Gasteiger partial charge >= 0.3 is 19.8 Å². The number of phosphoric ester groups is 1. The first-order chi connectivity index (χ1) is 38.0. The molecule has 2 unspecified atom stereocenters. The number of hydrogen-bond donors (Lipinski definition) is 1. The molecule has 0 bridgehead atoms. The van der Waals surface area contributed by atoms with Crippen molar-refractivity contribution < 1.29 is 42.1 Å². The Morgan fingerprint density at radius 2 is 0.692 bits per heavy atom. The summed E-state index contributed by atoms with van der Waals surface area (Å²) in [6.07, 6.45) is 74.5. The average molecular weight is 1120 g/mol. The van der Waals surface area contributed by atoms with Gasteiger partial charge in [0.2, 0.25) is 0 Å². The summed E-state index contributed by atoms with van der Waals surface area (Å²) in [4.78, 5) is 35.7. The number of hydrogen-bond acceptors (Lipinski definition) is 7. The molecule has 1 N–H and O–H groups in total. The number of unbranched alkanes of at least 4 members (excludes halogenated alkanes) is 46. The highest BCUT2D eigenvalue weighted by molar-refractivity contribution is 7.47. The zero-order valence-electron chi connectivity index (χ0n) is 52.7. The highest BCUT2D eigenvalue weighted by Crippen LogP contribution is 2.43. The summed E-state index contributed by atoms with van der Waals surface area (Å²) in [6.45, 7) is 4.45. The fourth-order valence-corrected chi connectivity index (χ4v) is 11.0. The second-order valence-corrected chi connectivity index (χ2v) is 26.0. The lowest BCUT2D eigenvalue weighted by atomic mass is 10.0. The summed E-state index contributed by atoms with van der Waals surface area (Å²) in [7, 11) is 1.48. The first-order valence-electron chi connectivity index (χ1n) is 34.1. The van der Waals surface area contributed by atoms with Crippen LogP contribution in [0.3, 0.4) is 0 Å². The van der Waals surface area contributed by atoms with Crippen molar-refractivity contribution >= 4 is 19.8 Å². The maximum Gasteiger partial charge on any atom is 0.472 e. The van der Waals surface area contributed by atoms with E-state index in [4.69, 9.17) is 18.5 Å². The molecule has 0 saturated heterocycles. The third kappa shape index (κ3) is 63.7. The lowest BCUT2D eigenvalue weighted by Gasteiger charge is -2.24. The summed E-state index contributed by atoms with van der Waals surface area (Å²) in [5, 5.41) is 0. The van der Waals surface area contributed by atoms with Crippen molar-refractivity contribution in [3.05, 3.63) is 24.3 Å². The maximum atomic E-state index is 12.8. The number of nitrogens with zero attached hydrogens (tertiary/aromatic N) is 1. The molecule has 0 amide bonds. The quantitative estimate of drug-likeness (QED) is 0.0211. The van der Waals surface area contributed by atoms with Crippen molar-refractivity contribution in [3.8, 4) is 0 Å². The van der Waals surface area contributed by atoms with E-state index in [1.165, 1.54) is 257 Å². The first-order valence-corrected chi connectivity index (χ1v) is 35.6. The van der Waals surface area contributed by atoms with E-state index in [1.54, 1.807) is 0 Å². The number of allylic oxidation sites excluding steroid dienone is 4. The van der Waals surface area contributed by atoms with Crippen LogP contribution < -0.4 is 0 Å². The van der Waals surface area contributed by atoms with Gasteiger partial charge in [-0.1, -0.05) is 314 Å². The van der Waals surface area contributed by atoms with Crippen LogP contribution in [0.2, 0.25) is 0 Å². The molecule has 78 heavy (non-hydrogen) atoms. The van der Waals surface area contributed by atoms with E-state index in [-0.39, 0.29) is 25.6 Å². The molecule has 0 spiro atoms. The van der Waals surface area contributed by atoms with Crippen molar-refractivity contribution in [2.24, 2.45) is 0 Å². The van der Waals surface area contributed by atoms with Gasteiger partial charge in [0.15, 0.2) is 6.10 Å². The number of phosphoric acid groups is 1. The Morgan fingerprint density at radius 1 is 0.397 bits per heavy atom. The van der Waals surface area contributed by atoms with E-state index >= 15 is 0 Å². The summed E-state index contributed by atoms with van der Waals surface area (Å²) >= 11 is 0. The Morgan fingerprint density at radius 3 is 1.03 bits per heavy atom. The Hall–Kier alpha value is -1.51. The third-order valence-electron chi connectivity index (χ3n) is 15.5. The van der Waals surface area contributed by atoms with Crippen molar-refractivity contribution in [1.29, 1.82) is 0 Å². The van der Waals surface area contributed by atoms with Crippen LogP contribution in [0.25, 0.3) is 0 Å². The van der Waals surface area contributed by atoms with E-state index in [0.29, 0.717) is 23.9 Å². The zero-order chi connectivity index (χ0) is 57.0. The molecule has 0 aliphatic rings. The van der Waals surface area contributed by atoms with Gasteiger partial charge in [-0.25, -0.2) is 4.57 Å². The van der Waals surface area contributed by atoms with Crippen LogP contribution in [-0.2, 0) is 32.7 Å². The van der Waals surface area contributed by atoms with Crippen LogP contribution in [-0.4, -0.2) is 74.9 Å². The standard InChI is InChI=1S/C68H132NO8P/c1-6-8-10-12-14-16-18-20-22-24-25-26-27-28-29-30-31-32-33-34-35-36-37-38-39-40-41-42-43-44-45-47-48-50-52-54-56-58-60-67(70)74-64-66(65-76-78(72,73)75-63-62-69(3,4)5)77-68(71)61-59-57-55-53-51-49-46-23-21-19-17-15-13-11-9-7-2/h17,19,23,46,66H,6-16,18,20-22,24-45,47-65H2,1-5H3/p+1/b19-17-,46-23-. The number of esters is 2. The molecule has 0 aliphatic carbocycles. The van der Waals surface area contributed by atoms with Crippen LogP contribution >= 0.6 is 7.82 Å². The molecule has 0 fully saturated rings. The van der Waals surface area contributed by atoms with Gasteiger partial charge in [0.25, 0.3) is 0 Å². The van der Waals surface area contributed by atoms with Gasteiger partial charge in [0.05, 0.1) is 27.7 Å². The lowest BCUT2D eigenvalue weighted by Crippen LogP contribution is -2.37. The summed E-state index contributed by atoms with van der Waals surface area (Å²) < 4.78 is 34.6. The topological polar surface area (TPSA) is 108 Å². The number of quaternary nitrogens is 1. The predicted octanol–water partition coefficient (Wildman–Crippen LogP) is 21.7. The third-order valence-corrected chi connectivity index (χ3v) is 16.5. The number of rotatable bonds is 64. The summed E-state index contributed by atoms with van der Waals surface area (Å²) in [6, 6.07) is 0. The molecule has 0 saturated carbocycles. The maximum absolute atomic E-state index is 12.8. The second kappa shape index (κ2) is 60.1. The molecule has 0 rings (SSSR count). The monoisotopic (exact) mass is 1120 g/mol. The molecular weight excluding hydrogens is 990 g/mol. The van der Waals surface area contributed by atoms with Gasteiger partial charge in [-0.3, -0.25) is 18.6 Å². The van der Waals surface area contributed by atoms with E-state index in [9.17, 15) is 19.0 Å². The molecule has 0 heterocycles. The molecule has 2 atom stereocenters. The zero-order valence-corrected chi connectivity index (χ0v) is 53.6. The van der Waals surface area contributed by atoms with Gasteiger partial charge in [0.1, 0.15) is 19.8 Å². The Balaban J connectivity index is 3.86. The molecule has 10 heteroatoms. The normalized spacial score (nSPS) is 13.3. The minimum Gasteiger partial charge on any atom is -0.462 e. The fraction of sp³-hybridized carbons (Fsp3) is 0.912. The largest absolute Gasteiger partial charge is 0.472 e. The van der Waals surface area contributed by atoms with E-state index in [2.05, 4.69) is 38.2 Å². The van der Waals surface area contributed by atoms with Crippen LogP contribution in [0.5, 0.6) is 0 Å². The van der Waals surface area contributed by atoms with Crippen molar-refractivity contribution in [2.45, 2.75) is 354 Å². The molecular formula is C68H133NO8P+. The first kappa shape index (κ1) is 76.5. The molecule has 0 aromatic rings. The van der Waals surface area contributed by atoms with Crippen LogP contribution in [0.15, 0.2) is 24.3 Å². The smallest absolute Gasteiger partial charge is 0.462 e. The van der Waals surface area contributed by atoms with Crippen molar-refractivity contribution in [3.63, 3.8) is 0 Å². The van der Waals surface area contributed by atoms with E-state index in [1.807, 2.05) is 21.1 Å². The van der Waals surface area contributed by atoms with Crippen LogP contribution in [0.4, 0.5) is 0 Å². The number of carbonyl (C=O) groups excluding carboxylic acids is 2. The molecule has 0 aliphatic heterocycles. The molecule has 462 valence electrons.